The normalized spacial score (nSPS) is 11.6. The number of hydrogen-bond donors (Lipinski definition) is 1. The van der Waals surface area contributed by atoms with E-state index in [9.17, 15) is 22.0 Å². The molecule has 0 atom stereocenters. The van der Waals surface area contributed by atoms with Gasteiger partial charge in [-0.3, -0.25) is 0 Å². The first kappa shape index (κ1) is 10.7. The summed E-state index contributed by atoms with van der Waals surface area (Å²) in [5, 5.41) is 2.14. The van der Waals surface area contributed by atoms with Crippen LogP contribution in [-0.4, -0.2) is 7.05 Å². The van der Waals surface area contributed by atoms with Gasteiger partial charge in [-0.1, -0.05) is 0 Å². The van der Waals surface area contributed by atoms with Crippen LogP contribution in [0.3, 0.4) is 0 Å². The van der Waals surface area contributed by atoms with Gasteiger partial charge >= 0.3 is 6.18 Å². The van der Waals surface area contributed by atoms with Gasteiger partial charge in [-0.25, -0.2) is 8.78 Å². The molecule has 1 aromatic carbocycles. The predicted molar refractivity (Wildman–Crippen MR) is 40.9 cm³/mol. The molecule has 1 aromatic rings. The molecule has 0 saturated heterocycles. The highest BCUT2D eigenvalue weighted by Crippen LogP contribution is 2.35. The van der Waals surface area contributed by atoms with Crippen LogP contribution in [0.25, 0.3) is 0 Å². The zero-order valence-corrected chi connectivity index (χ0v) is 7.04. The fourth-order valence-electron chi connectivity index (χ4n) is 0.988. The van der Waals surface area contributed by atoms with Crippen LogP contribution in [0.2, 0.25) is 0 Å². The molecule has 0 bridgehead atoms. The highest BCUT2D eigenvalue weighted by molar-refractivity contribution is 5.52. The highest BCUT2D eigenvalue weighted by Gasteiger charge is 2.34. The van der Waals surface area contributed by atoms with E-state index in [4.69, 9.17) is 0 Å². The Morgan fingerprint density at radius 1 is 1.07 bits per heavy atom. The van der Waals surface area contributed by atoms with Gasteiger partial charge < -0.3 is 5.32 Å². The molecule has 0 unspecified atom stereocenters. The molecular formula is C8H6F5N. The summed E-state index contributed by atoms with van der Waals surface area (Å²) in [7, 11) is 1.20. The molecule has 0 spiro atoms. The Labute approximate surface area is 76.5 Å². The number of benzene rings is 1. The van der Waals surface area contributed by atoms with E-state index in [-0.39, 0.29) is 6.07 Å². The molecule has 78 valence electrons. The summed E-state index contributed by atoms with van der Waals surface area (Å²) in [5.41, 5.74) is -1.71. The van der Waals surface area contributed by atoms with Crippen molar-refractivity contribution >= 4 is 5.69 Å². The van der Waals surface area contributed by atoms with Crippen LogP contribution in [0.5, 0.6) is 0 Å². The number of halogens is 5. The van der Waals surface area contributed by atoms with E-state index in [0.29, 0.717) is 6.07 Å². The van der Waals surface area contributed by atoms with Gasteiger partial charge in [0.05, 0.1) is 5.56 Å². The van der Waals surface area contributed by atoms with Crippen LogP contribution >= 0.6 is 0 Å². The summed E-state index contributed by atoms with van der Waals surface area (Å²) in [5.74, 6) is -2.83. The maximum atomic E-state index is 12.6. The molecule has 0 aliphatic heterocycles. The van der Waals surface area contributed by atoms with Gasteiger partial charge in [0.2, 0.25) is 0 Å². The summed E-state index contributed by atoms with van der Waals surface area (Å²) in [4.78, 5) is 0. The van der Waals surface area contributed by atoms with E-state index in [1.807, 2.05) is 0 Å². The molecule has 0 heterocycles. The van der Waals surface area contributed by atoms with Crippen molar-refractivity contribution < 1.29 is 22.0 Å². The third kappa shape index (κ3) is 1.94. The quantitative estimate of drug-likeness (QED) is 0.704. The summed E-state index contributed by atoms with van der Waals surface area (Å²) >= 11 is 0. The molecule has 1 nitrogen and oxygen atoms in total. The first-order valence-electron chi connectivity index (χ1n) is 3.60. The maximum absolute atomic E-state index is 12.6. The third-order valence-electron chi connectivity index (χ3n) is 1.64. The topological polar surface area (TPSA) is 12.0 Å². The number of alkyl halides is 3. The van der Waals surface area contributed by atoms with E-state index >= 15 is 0 Å². The van der Waals surface area contributed by atoms with Crippen LogP contribution in [0, 0.1) is 11.6 Å². The molecule has 0 fully saturated rings. The van der Waals surface area contributed by atoms with Crippen LogP contribution in [0.4, 0.5) is 27.6 Å². The second kappa shape index (κ2) is 3.43. The minimum absolute atomic E-state index is 0.126. The minimum atomic E-state index is -4.70. The Morgan fingerprint density at radius 3 is 2.00 bits per heavy atom. The first-order valence-corrected chi connectivity index (χ1v) is 3.60. The van der Waals surface area contributed by atoms with Gasteiger partial charge in [0.15, 0.2) is 11.6 Å². The SMILES string of the molecule is CNc1cc(F)c(F)cc1C(F)(F)F. The van der Waals surface area contributed by atoms with Crippen molar-refractivity contribution in [2.24, 2.45) is 0 Å². The molecule has 1 N–H and O–H groups in total. The molecule has 14 heavy (non-hydrogen) atoms. The third-order valence-corrected chi connectivity index (χ3v) is 1.64. The van der Waals surface area contributed by atoms with Gasteiger partial charge in [-0.05, 0) is 6.07 Å². The van der Waals surface area contributed by atoms with Crippen LogP contribution in [0.15, 0.2) is 12.1 Å². The van der Waals surface area contributed by atoms with Gasteiger partial charge in [0.25, 0.3) is 0 Å². The van der Waals surface area contributed by atoms with E-state index in [2.05, 4.69) is 5.32 Å². The van der Waals surface area contributed by atoms with E-state index < -0.39 is 29.1 Å². The monoisotopic (exact) mass is 211 g/mol. The summed E-state index contributed by atoms with van der Waals surface area (Å²) in [6.45, 7) is 0. The second-order valence-corrected chi connectivity index (χ2v) is 2.56. The van der Waals surface area contributed by atoms with Crippen molar-refractivity contribution in [2.45, 2.75) is 6.18 Å². The van der Waals surface area contributed by atoms with Crippen molar-refractivity contribution in [2.75, 3.05) is 12.4 Å². The molecule has 0 amide bonds. The molecular weight excluding hydrogens is 205 g/mol. The molecule has 0 aliphatic rings. The van der Waals surface area contributed by atoms with E-state index in [1.165, 1.54) is 7.05 Å². The molecule has 0 aromatic heterocycles. The van der Waals surface area contributed by atoms with Crippen LogP contribution < -0.4 is 5.32 Å². The van der Waals surface area contributed by atoms with Gasteiger partial charge in [0.1, 0.15) is 0 Å². The zero-order chi connectivity index (χ0) is 10.9. The Hall–Kier alpha value is -1.33. The van der Waals surface area contributed by atoms with Crippen molar-refractivity contribution in [1.29, 1.82) is 0 Å². The smallest absolute Gasteiger partial charge is 0.388 e. The lowest BCUT2D eigenvalue weighted by molar-refractivity contribution is -0.137. The molecule has 0 saturated carbocycles. The Kier molecular flexibility index (Phi) is 2.64. The average Bonchev–Trinajstić information content (AvgIpc) is 2.07. The van der Waals surface area contributed by atoms with E-state index in [0.717, 1.165) is 0 Å². The summed E-state index contributed by atoms with van der Waals surface area (Å²) in [6.07, 6.45) is -4.70. The lowest BCUT2D eigenvalue weighted by atomic mass is 10.1. The fourth-order valence-corrected chi connectivity index (χ4v) is 0.988. The molecule has 6 heteroatoms. The molecule has 0 radical (unpaired) electrons. The largest absolute Gasteiger partial charge is 0.418 e. The Balaban J connectivity index is 3.35. The number of anilines is 1. The fraction of sp³-hybridized carbons (Fsp3) is 0.250. The summed E-state index contributed by atoms with van der Waals surface area (Å²) < 4.78 is 61.7. The van der Waals surface area contributed by atoms with Gasteiger partial charge in [0, 0.05) is 18.8 Å². The second-order valence-electron chi connectivity index (χ2n) is 2.56. The van der Waals surface area contributed by atoms with E-state index in [1.54, 1.807) is 0 Å². The lowest BCUT2D eigenvalue weighted by Crippen LogP contribution is -2.10. The number of rotatable bonds is 1. The zero-order valence-electron chi connectivity index (χ0n) is 7.04. The van der Waals surface area contributed by atoms with Crippen molar-refractivity contribution in [1.82, 2.24) is 0 Å². The minimum Gasteiger partial charge on any atom is -0.388 e. The average molecular weight is 211 g/mol. The van der Waals surface area contributed by atoms with Crippen molar-refractivity contribution in [3.8, 4) is 0 Å². The highest BCUT2D eigenvalue weighted by atomic mass is 19.4. The van der Waals surface area contributed by atoms with Gasteiger partial charge in [-0.15, -0.1) is 0 Å². The van der Waals surface area contributed by atoms with Gasteiger partial charge in [-0.2, -0.15) is 13.2 Å². The maximum Gasteiger partial charge on any atom is 0.418 e. The van der Waals surface area contributed by atoms with Crippen molar-refractivity contribution in [3.63, 3.8) is 0 Å². The first-order chi connectivity index (χ1) is 6.36. The number of nitrogens with one attached hydrogen (secondary N) is 1. The summed E-state index contributed by atoms with van der Waals surface area (Å²) in [6, 6.07) is 0.597. The number of hydrogen-bond acceptors (Lipinski definition) is 1. The molecule has 0 aliphatic carbocycles. The molecule has 1 rings (SSSR count). The standard InChI is InChI=1S/C8H6F5N/c1-14-7-3-6(10)5(9)2-4(7)8(11,12)13/h2-3,14H,1H3. The van der Waals surface area contributed by atoms with Crippen molar-refractivity contribution in [3.05, 3.63) is 29.3 Å². The van der Waals surface area contributed by atoms with Crippen LogP contribution in [0.1, 0.15) is 5.56 Å². The Morgan fingerprint density at radius 2 is 1.57 bits per heavy atom. The van der Waals surface area contributed by atoms with Crippen LogP contribution in [-0.2, 0) is 6.18 Å². The Bertz CT molecular complexity index is 344. The lowest BCUT2D eigenvalue weighted by Gasteiger charge is -2.12. The predicted octanol–water partition coefficient (Wildman–Crippen LogP) is 3.03.